The number of nitrogens with zero attached hydrogens (tertiary/aromatic N) is 3. The zero-order chi connectivity index (χ0) is 13.1. The number of hydrogen-bond acceptors (Lipinski definition) is 3. The number of hydrogen-bond donors (Lipinski definition) is 1. The summed E-state index contributed by atoms with van der Waals surface area (Å²) in [6.45, 7) is 4.07. The molecule has 4 nitrogen and oxygen atoms in total. The van der Waals surface area contributed by atoms with Crippen molar-refractivity contribution in [2.45, 2.75) is 32.7 Å². The Bertz CT molecular complexity index is 536. The number of rotatable bonds is 4. The van der Waals surface area contributed by atoms with Gasteiger partial charge in [0.2, 0.25) is 0 Å². The summed E-state index contributed by atoms with van der Waals surface area (Å²) >= 11 is 6.10. The number of benzene rings is 1. The van der Waals surface area contributed by atoms with Crippen LogP contribution in [0.2, 0.25) is 5.02 Å². The highest BCUT2D eigenvalue weighted by Crippen LogP contribution is 2.22. The lowest BCUT2D eigenvalue weighted by molar-refractivity contribution is 0.619. The predicted octanol–water partition coefficient (Wildman–Crippen LogP) is 3.03. The van der Waals surface area contributed by atoms with Crippen molar-refractivity contribution in [2.75, 3.05) is 0 Å². The van der Waals surface area contributed by atoms with E-state index in [0.717, 1.165) is 34.8 Å². The lowest BCUT2D eigenvalue weighted by Crippen LogP contribution is -2.10. The van der Waals surface area contributed by atoms with E-state index in [0.29, 0.717) is 0 Å². The van der Waals surface area contributed by atoms with Crippen molar-refractivity contribution >= 4 is 11.6 Å². The number of halogens is 1. The van der Waals surface area contributed by atoms with Crippen LogP contribution >= 0.6 is 11.6 Å². The van der Waals surface area contributed by atoms with E-state index in [1.807, 2.05) is 31.3 Å². The van der Waals surface area contributed by atoms with Crippen LogP contribution in [0.25, 0.3) is 5.69 Å². The third-order valence-corrected chi connectivity index (χ3v) is 3.39. The molecular weight excluding hydrogens is 248 g/mol. The second-order valence-electron chi connectivity index (χ2n) is 4.37. The normalized spacial score (nSPS) is 12.7. The molecule has 0 fully saturated rings. The summed E-state index contributed by atoms with van der Waals surface area (Å²) in [6.07, 6.45) is 3.82. The van der Waals surface area contributed by atoms with Gasteiger partial charge in [-0.3, -0.25) is 0 Å². The molecule has 2 aromatic rings. The van der Waals surface area contributed by atoms with Gasteiger partial charge < -0.3 is 5.73 Å². The van der Waals surface area contributed by atoms with Gasteiger partial charge in [0.15, 0.2) is 0 Å². The second kappa shape index (κ2) is 5.50. The molecule has 96 valence electrons. The first-order valence-electron chi connectivity index (χ1n) is 6.06. The van der Waals surface area contributed by atoms with E-state index < -0.39 is 0 Å². The molecule has 0 aliphatic carbocycles. The smallest absolute Gasteiger partial charge is 0.0998 e. The molecule has 1 atom stereocenters. The van der Waals surface area contributed by atoms with E-state index in [-0.39, 0.29) is 6.04 Å². The zero-order valence-corrected chi connectivity index (χ0v) is 11.4. The van der Waals surface area contributed by atoms with Gasteiger partial charge in [-0.25, -0.2) is 4.68 Å². The van der Waals surface area contributed by atoms with Crippen LogP contribution in [-0.2, 0) is 0 Å². The van der Waals surface area contributed by atoms with Crippen LogP contribution in [0, 0.1) is 6.92 Å². The summed E-state index contributed by atoms with van der Waals surface area (Å²) in [5, 5.41) is 8.97. The Kier molecular flexibility index (Phi) is 3.99. The Hall–Kier alpha value is -1.39. The van der Waals surface area contributed by atoms with Gasteiger partial charge in [0, 0.05) is 5.02 Å². The number of nitrogens with two attached hydrogens (primary N) is 1. The maximum atomic E-state index is 6.10. The van der Waals surface area contributed by atoms with E-state index in [1.54, 1.807) is 4.68 Å². The molecule has 1 unspecified atom stereocenters. The predicted molar refractivity (Wildman–Crippen MR) is 72.9 cm³/mol. The molecule has 0 amide bonds. The quantitative estimate of drug-likeness (QED) is 0.923. The lowest BCUT2D eigenvalue weighted by atomic mass is 10.1. The second-order valence-corrected chi connectivity index (χ2v) is 4.77. The van der Waals surface area contributed by atoms with Gasteiger partial charge >= 0.3 is 0 Å². The van der Waals surface area contributed by atoms with E-state index >= 15 is 0 Å². The molecular formula is C13H17ClN4. The lowest BCUT2D eigenvalue weighted by Gasteiger charge is -2.06. The van der Waals surface area contributed by atoms with Crippen molar-refractivity contribution in [3.8, 4) is 5.69 Å². The Morgan fingerprint density at radius 3 is 2.94 bits per heavy atom. The molecule has 1 heterocycles. The summed E-state index contributed by atoms with van der Waals surface area (Å²) < 4.78 is 1.73. The fourth-order valence-corrected chi connectivity index (χ4v) is 2.04. The highest BCUT2D eigenvalue weighted by Gasteiger charge is 2.12. The van der Waals surface area contributed by atoms with Crippen LogP contribution in [0.3, 0.4) is 0 Å². The van der Waals surface area contributed by atoms with E-state index in [2.05, 4.69) is 17.2 Å². The molecule has 0 aliphatic heterocycles. The van der Waals surface area contributed by atoms with Crippen molar-refractivity contribution in [2.24, 2.45) is 5.73 Å². The molecule has 0 saturated carbocycles. The highest BCUT2D eigenvalue weighted by atomic mass is 35.5. The molecule has 0 aliphatic rings. The van der Waals surface area contributed by atoms with Crippen LogP contribution in [0.5, 0.6) is 0 Å². The van der Waals surface area contributed by atoms with Gasteiger partial charge in [-0.1, -0.05) is 36.2 Å². The Morgan fingerprint density at radius 1 is 1.44 bits per heavy atom. The van der Waals surface area contributed by atoms with Gasteiger partial charge in [-0.15, -0.1) is 5.10 Å². The van der Waals surface area contributed by atoms with Crippen LogP contribution in [0.1, 0.15) is 37.1 Å². The molecule has 5 heteroatoms. The first kappa shape index (κ1) is 13.1. The summed E-state index contributed by atoms with van der Waals surface area (Å²) in [7, 11) is 0. The van der Waals surface area contributed by atoms with Crippen LogP contribution < -0.4 is 5.73 Å². The fraction of sp³-hybridized carbons (Fsp3) is 0.385. The van der Waals surface area contributed by atoms with Gasteiger partial charge in [-0.2, -0.15) is 0 Å². The largest absolute Gasteiger partial charge is 0.323 e. The minimum Gasteiger partial charge on any atom is -0.323 e. The Balaban J connectivity index is 2.32. The first-order valence-corrected chi connectivity index (χ1v) is 6.44. The van der Waals surface area contributed by atoms with Crippen molar-refractivity contribution < 1.29 is 0 Å². The third kappa shape index (κ3) is 2.54. The third-order valence-electron chi connectivity index (χ3n) is 2.98. The maximum Gasteiger partial charge on any atom is 0.0998 e. The topological polar surface area (TPSA) is 56.7 Å². The monoisotopic (exact) mass is 264 g/mol. The molecule has 2 N–H and O–H groups in total. The number of aromatic nitrogens is 3. The maximum absolute atomic E-state index is 6.10. The average molecular weight is 265 g/mol. The molecule has 1 aromatic carbocycles. The van der Waals surface area contributed by atoms with E-state index in [4.69, 9.17) is 17.3 Å². The Labute approximate surface area is 112 Å². The highest BCUT2D eigenvalue weighted by molar-refractivity contribution is 6.31. The van der Waals surface area contributed by atoms with Crippen LogP contribution in [0.15, 0.2) is 24.4 Å². The molecule has 0 saturated heterocycles. The molecule has 18 heavy (non-hydrogen) atoms. The van der Waals surface area contributed by atoms with Gasteiger partial charge in [0.25, 0.3) is 0 Å². The van der Waals surface area contributed by atoms with Crippen LogP contribution in [-0.4, -0.2) is 15.0 Å². The van der Waals surface area contributed by atoms with Crippen molar-refractivity contribution in [1.29, 1.82) is 0 Å². The minimum absolute atomic E-state index is 0.0526. The van der Waals surface area contributed by atoms with Gasteiger partial charge in [0.1, 0.15) is 0 Å². The zero-order valence-electron chi connectivity index (χ0n) is 10.6. The van der Waals surface area contributed by atoms with Crippen LogP contribution in [0.4, 0.5) is 0 Å². The van der Waals surface area contributed by atoms with Crippen molar-refractivity contribution in [1.82, 2.24) is 15.0 Å². The van der Waals surface area contributed by atoms with Crippen molar-refractivity contribution in [3.05, 3.63) is 40.7 Å². The Morgan fingerprint density at radius 2 is 2.22 bits per heavy atom. The van der Waals surface area contributed by atoms with Crippen molar-refractivity contribution in [3.63, 3.8) is 0 Å². The molecule has 0 spiro atoms. The summed E-state index contributed by atoms with van der Waals surface area (Å²) in [5.74, 6) is 0. The SMILES string of the molecule is CCCC(N)c1cn(-c2cccc(Cl)c2C)nn1. The summed E-state index contributed by atoms with van der Waals surface area (Å²) in [6, 6.07) is 5.67. The summed E-state index contributed by atoms with van der Waals surface area (Å²) in [5.41, 5.74) is 8.76. The fourth-order valence-electron chi connectivity index (χ4n) is 1.87. The molecule has 2 rings (SSSR count). The molecule has 0 radical (unpaired) electrons. The summed E-state index contributed by atoms with van der Waals surface area (Å²) in [4.78, 5) is 0. The average Bonchev–Trinajstić information content (AvgIpc) is 2.82. The molecule has 0 bridgehead atoms. The minimum atomic E-state index is -0.0526. The molecule has 1 aromatic heterocycles. The first-order chi connectivity index (χ1) is 8.63. The van der Waals surface area contributed by atoms with E-state index in [1.165, 1.54) is 0 Å². The standard InChI is InChI=1S/C13H17ClN4/c1-3-5-11(15)12-8-18(17-16-12)13-7-4-6-10(14)9(13)2/h4,6-8,11H,3,5,15H2,1-2H3. The van der Waals surface area contributed by atoms with E-state index in [9.17, 15) is 0 Å². The van der Waals surface area contributed by atoms with Gasteiger partial charge in [-0.05, 0) is 31.0 Å². The van der Waals surface area contributed by atoms with Gasteiger partial charge in [0.05, 0.1) is 23.6 Å².